The Morgan fingerprint density at radius 2 is 1.50 bits per heavy atom. The molecule has 3 aliphatic rings. The van der Waals surface area contributed by atoms with Crippen molar-refractivity contribution in [3.05, 3.63) is 11.6 Å². The highest BCUT2D eigenvalue weighted by Gasteiger charge is 2.75. The average molecular weight is 264 g/mol. The van der Waals surface area contributed by atoms with Crippen molar-refractivity contribution in [3.63, 3.8) is 0 Å². The van der Waals surface area contributed by atoms with Crippen molar-refractivity contribution in [1.82, 2.24) is 0 Å². The van der Waals surface area contributed by atoms with Gasteiger partial charge in [0.15, 0.2) is 10.8 Å². The SMILES string of the molecule is CC1=CC2(C)CC(C)(C)C1C(C#N)(C#N)C2(C#N)C#N. The van der Waals surface area contributed by atoms with E-state index in [9.17, 15) is 21.0 Å². The first kappa shape index (κ1) is 14.1. The Balaban J connectivity index is 2.98. The van der Waals surface area contributed by atoms with Gasteiger partial charge in [-0.05, 0) is 18.8 Å². The normalized spacial score (nSPS) is 34.8. The molecule has 4 heteroatoms. The second-order valence-electron chi connectivity index (χ2n) is 6.91. The molecule has 0 N–H and O–H groups in total. The maximum absolute atomic E-state index is 9.72. The van der Waals surface area contributed by atoms with Gasteiger partial charge in [-0.25, -0.2) is 0 Å². The molecule has 1 saturated carbocycles. The van der Waals surface area contributed by atoms with E-state index < -0.39 is 22.2 Å². The van der Waals surface area contributed by atoms with Crippen LogP contribution in [0.15, 0.2) is 11.6 Å². The standard InChI is InChI=1S/C16H16N4/c1-11-5-14(4)6-13(2,3)12(11)15(7-17,8-18)16(14,9-19)10-20/h5,12H,6H2,1-4H3. The zero-order valence-electron chi connectivity index (χ0n) is 12.2. The fraction of sp³-hybridized carbons (Fsp3) is 0.625. The molecule has 100 valence electrons. The van der Waals surface area contributed by atoms with E-state index in [2.05, 4.69) is 12.1 Å². The van der Waals surface area contributed by atoms with Crippen molar-refractivity contribution in [1.29, 1.82) is 21.0 Å². The lowest BCUT2D eigenvalue weighted by Crippen LogP contribution is -2.64. The second kappa shape index (κ2) is 3.62. The summed E-state index contributed by atoms with van der Waals surface area (Å²) < 4.78 is 0. The van der Waals surface area contributed by atoms with E-state index in [1.807, 2.05) is 45.9 Å². The average Bonchev–Trinajstić information content (AvgIpc) is 2.35. The summed E-state index contributed by atoms with van der Waals surface area (Å²) in [6.07, 6.45) is 2.55. The van der Waals surface area contributed by atoms with Crippen molar-refractivity contribution >= 4 is 0 Å². The summed E-state index contributed by atoms with van der Waals surface area (Å²) >= 11 is 0. The van der Waals surface area contributed by atoms with E-state index in [0.29, 0.717) is 6.42 Å². The first-order valence-corrected chi connectivity index (χ1v) is 6.54. The van der Waals surface area contributed by atoms with E-state index in [1.54, 1.807) is 0 Å². The molecule has 0 aromatic heterocycles. The number of rotatable bonds is 0. The van der Waals surface area contributed by atoms with Gasteiger partial charge in [0, 0.05) is 11.3 Å². The molecule has 0 aromatic carbocycles. The fourth-order valence-corrected chi connectivity index (χ4v) is 4.92. The largest absolute Gasteiger partial charge is 0.196 e. The van der Waals surface area contributed by atoms with Gasteiger partial charge < -0.3 is 0 Å². The van der Waals surface area contributed by atoms with E-state index >= 15 is 0 Å². The molecule has 0 spiro atoms. The Labute approximate surface area is 119 Å². The molecule has 2 unspecified atom stereocenters. The van der Waals surface area contributed by atoms with Crippen LogP contribution in [0.2, 0.25) is 0 Å². The minimum Gasteiger partial charge on any atom is -0.196 e. The summed E-state index contributed by atoms with van der Waals surface area (Å²) in [6.45, 7) is 7.73. The maximum Gasteiger partial charge on any atom is 0.184 e. The highest BCUT2D eigenvalue weighted by Crippen LogP contribution is 2.72. The van der Waals surface area contributed by atoms with Crippen LogP contribution < -0.4 is 0 Å². The predicted octanol–water partition coefficient (Wildman–Crippen LogP) is 3.07. The molecule has 20 heavy (non-hydrogen) atoms. The molecular weight excluding hydrogens is 248 g/mol. The third-order valence-electron chi connectivity index (χ3n) is 5.18. The first-order valence-electron chi connectivity index (χ1n) is 6.54. The number of nitrogens with zero attached hydrogens (tertiary/aromatic N) is 4. The summed E-state index contributed by atoms with van der Waals surface area (Å²) in [5, 5.41) is 38.8. The van der Waals surface area contributed by atoms with Gasteiger partial charge in [0.05, 0.1) is 24.3 Å². The van der Waals surface area contributed by atoms with Crippen LogP contribution in [0.25, 0.3) is 0 Å². The summed E-state index contributed by atoms with van der Waals surface area (Å²) in [7, 11) is 0. The monoisotopic (exact) mass is 264 g/mol. The fourth-order valence-electron chi connectivity index (χ4n) is 4.92. The van der Waals surface area contributed by atoms with E-state index in [1.165, 1.54) is 0 Å². The molecule has 2 atom stereocenters. The van der Waals surface area contributed by atoms with E-state index in [0.717, 1.165) is 5.57 Å². The summed E-state index contributed by atoms with van der Waals surface area (Å²) in [5.41, 5.74) is -3.39. The van der Waals surface area contributed by atoms with Crippen molar-refractivity contribution in [3.8, 4) is 24.3 Å². The van der Waals surface area contributed by atoms with Crippen molar-refractivity contribution in [2.75, 3.05) is 0 Å². The molecule has 3 rings (SSSR count). The zero-order valence-corrected chi connectivity index (χ0v) is 12.2. The van der Waals surface area contributed by atoms with Gasteiger partial charge in [-0.2, -0.15) is 21.0 Å². The summed E-state index contributed by atoms with van der Waals surface area (Å²) in [5.74, 6) is -0.397. The van der Waals surface area contributed by atoms with Crippen LogP contribution in [0.4, 0.5) is 0 Å². The molecule has 0 saturated heterocycles. The Morgan fingerprint density at radius 3 is 1.85 bits per heavy atom. The molecule has 0 amide bonds. The van der Waals surface area contributed by atoms with Crippen molar-refractivity contribution < 1.29 is 0 Å². The summed E-state index contributed by atoms with van der Waals surface area (Å²) in [4.78, 5) is 0. The van der Waals surface area contributed by atoms with Crippen LogP contribution in [0.3, 0.4) is 0 Å². The van der Waals surface area contributed by atoms with Crippen LogP contribution >= 0.6 is 0 Å². The Bertz CT molecular complexity index is 643. The predicted molar refractivity (Wildman–Crippen MR) is 71.1 cm³/mol. The van der Waals surface area contributed by atoms with Crippen LogP contribution in [0, 0.1) is 72.9 Å². The molecule has 0 aliphatic heterocycles. The minimum absolute atomic E-state index is 0.295. The van der Waals surface area contributed by atoms with Gasteiger partial charge in [-0.15, -0.1) is 0 Å². The molecule has 0 heterocycles. The molecule has 0 radical (unpaired) electrons. The maximum atomic E-state index is 9.72. The topological polar surface area (TPSA) is 95.2 Å². The van der Waals surface area contributed by atoms with Crippen LogP contribution in [0.5, 0.6) is 0 Å². The van der Waals surface area contributed by atoms with Gasteiger partial charge in [0.2, 0.25) is 0 Å². The Hall–Kier alpha value is -2.30. The van der Waals surface area contributed by atoms with E-state index in [4.69, 9.17) is 0 Å². The lowest BCUT2D eigenvalue weighted by molar-refractivity contribution is -0.0714. The van der Waals surface area contributed by atoms with Crippen molar-refractivity contribution in [2.24, 2.45) is 27.6 Å². The Kier molecular flexibility index (Phi) is 2.56. The van der Waals surface area contributed by atoms with Gasteiger partial charge in [0.25, 0.3) is 0 Å². The Morgan fingerprint density at radius 1 is 1.00 bits per heavy atom. The van der Waals surface area contributed by atoms with Crippen molar-refractivity contribution in [2.45, 2.75) is 34.1 Å². The van der Waals surface area contributed by atoms with Gasteiger partial charge in [-0.1, -0.05) is 32.4 Å². The number of fused-ring (bicyclic) bond motifs is 2. The highest BCUT2D eigenvalue weighted by molar-refractivity contribution is 5.50. The van der Waals surface area contributed by atoms with Crippen LogP contribution in [-0.4, -0.2) is 0 Å². The van der Waals surface area contributed by atoms with Gasteiger partial charge >= 0.3 is 0 Å². The molecule has 4 nitrogen and oxygen atoms in total. The lowest BCUT2D eigenvalue weighted by atomic mass is 9.34. The molecule has 0 aromatic rings. The molecule has 1 fully saturated rings. The third-order valence-corrected chi connectivity index (χ3v) is 5.18. The van der Waals surface area contributed by atoms with Crippen LogP contribution in [-0.2, 0) is 0 Å². The minimum atomic E-state index is -1.62. The van der Waals surface area contributed by atoms with E-state index in [-0.39, 0.29) is 5.41 Å². The number of hydrogen-bond donors (Lipinski definition) is 0. The molecular formula is C16H16N4. The number of allylic oxidation sites excluding steroid dienone is 2. The smallest absolute Gasteiger partial charge is 0.184 e. The third kappa shape index (κ3) is 1.13. The summed E-state index contributed by atoms with van der Waals surface area (Å²) in [6, 6.07) is 8.19. The second-order valence-corrected chi connectivity index (χ2v) is 6.91. The number of nitriles is 4. The highest BCUT2D eigenvalue weighted by atomic mass is 14.7. The molecule has 2 bridgehead atoms. The quantitative estimate of drug-likeness (QED) is 0.628. The van der Waals surface area contributed by atoms with Gasteiger partial charge in [0.1, 0.15) is 0 Å². The first-order chi connectivity index (χ1) is 9.20. The molecule has 3 aliphatic carbocycles. The van der Waals surface area contributed by atoms with Gasteiger partial charge in [-0.3, -0.25) is 0 Å². The number of hydrogen-bond acceptors (Lipinski definition) is 4. The van der Waals surface area contributed by atoms with Crippen LogP contribution in [0.1, 0.15) is 34.1 Å². The lowest BCUT2D eigenvalue weighted by Gasteiger charge is -2.62. The zero-order chi connectivity index (χ0) is 15.4.